The standard InChI is InChI=1S/C15H10N4O2.C15H12N4.O2Se/c20-15(21)14-6-3-5-11(17-14)13-8-7-12(18-19-13)10-4-1-2-9-16-10;1-11-5-4-7-13(17-11)15-9-8-14(18-19-15)12-6-2-3-10-16-12;1-3-2/h1-9H,(H,20,21);2-10H,1H3;. The summed E-state index contributed by atoms with van der Waals surface area (Å²) in [5.41, 5.74) is 6.47. The molecule has 0 saturated carbocycles. The number of pyridine rings is 4. The Bertz CT molecular complexity index is 1820. The zero-order chi connectivity index (χ0) is 30.4. The molecule has 0 radical (unpaired) electrons. The van der Waals surface area contributed by atoms with Crippen LogP contribution in [-0.2, 0) is 7.67 Å². The molecule has 6 aromatic heterocycles. The van der Waals surface area contributed by atoms with E-state index in [9.17, 15) is 4.79 Å². The Hall–Kier alpha value is -5.65. The van der Waals surface area contributed by atoms with Crippen molar-refractivity contribution >= 4 is 20.8 Å². The number of carboxylic acid groups (broad SMARTS) is 1. The van der Waals surface area contributed by atoms with Gasteiger partial charge in [0.15, 0.2) is 0 Å². The molecule has 0 saturated heterocycles. The number of nitrogens with zero attached hydrogens (tertiary/aromatic N) is 8. The fourth-order valence-electron chi connectivity index (χ4n) is 3.62. The predicted octanol–water partition coefficient (Wildman–Crippen LogP) is 4.59. The van der Waals surface area contributed by atoms with Gasteiger partial charge in [-0.1, -0.05) is 24.3 Å². The summed E-state index contributed by atoms with van der Waals surface area (Å²) in [6, 6.07) is 29.2. The van der Waals surface area contributed by atoms with Crippen molar-refractivity contribution in [2.75, 3.05) is 0 Å². The molecule has 0 aliphatic carbocycles. The molecule has 0 aliphatic heterocycles. The molecular formula is C30H22N8O4Se. The molecule has 43 heavy (non-hydrogen) atoms. The van der Waals surface area contributed by atoms with E-state index >= 15 is 0 Å². The van der Waals surface area contributed by atoms with E-state index in [2.05, 4.69) is 40.3 Å². The first kappa shape index (κ1) is 30.3. The van der Waals surface area contributed by atoms with Crippen molar-refractivity contribution in [3.05, 3.63) is 121 Å². The molecule has 6 aromatic rings. The first-order chi connectivity index (χ1) is 21.0. The molecule has 0 fully saturated rings. The maximum absolute atomic E-state index is 10.9. The average molecular weight is 638 g/mol. The van der Waals surface area contributed by atoms with Crippen LogP contribution in [0.3, 0.4) is 0 Å². The van der Waals surface area contributed by atoms with E-state index in [-0.39, 0.29) is 5.69 Å². The summed E-state index contributed by atoms with van der Waals surface area (Å²) in [7, 11) is 0. The van der Waals surface area contributed by atoms with Crippen molar-refractivity contribution in [3.8, 4) is 45.6 Å². The summed E-state index contributed by atoms with van der Waals surface area (Å²) in [4.78, 5) is 27.8. The van der Waals surface area contributed by atoms with Crippen LogP contribution in [0.5, 0.6) is 0 Å². The van der Waals surface area contributed by atoms with Crippen LogP contribution < -0.4 is 0 Å². The Labute approximate surface area is 251 Å². The molecule has 0 aromatic carbocycles. The molecule has 1 N–H and O–H groups in total. The summed E-state index contributed by atoms with van der Waals surface area (Å²) in [5.74, 6) is -1.07. The Kier molecular flexibility index (Phi) is 10.8. The molecule has 6 heterocycles. The van der Waals surface area contributed by atoms with Gasteiger partial charge in [-0.15, -0.1) is 20.4 Å². The van der Waals surface area contributed by atoms with Crippen LogP contribution in [0.4, 0.5) is 0 Å². The van der Waals surface area contributed by atoms with Crippen LogP contribution in [0.25, 0.3) is 45.6 Å². The molecule has 0 bridgehead atoms. The van der Waals surface area contributed by atoms with Crippen LogP contribution in [0.2, 0.25) is 0 Å². The quantitative estimate of drug-likeness (QED) is 0.261. The maximum atomic E-state index is 10.9. The van der Waals surface area contributed by atoms with Crippen molar-refractivity contribution in [1.82, 2.24) is 40.3 Å². The Morgan fingerprint density at radius 2 is 0.953 bits per heavy atom. The van der Waals surface area contributed by atoms with E-state index in [0.717, 1.165) is 34.2 Å². The minimum atomic E-state index is -1.62. The number of hydrogen-bond donors (Lipinski definition) is 1. The number of carbonyl (C=O) groups is 1. The van der Waals surface area contributed by atoms with Gasteiger partial charge in [-0.05, 0) is 79.7 Å². The fraction of sp³-hybridized carbons (Fsp3) is 0.0333. The summed E-state index contributed by atoms with van der Waals surface area (Å²) in [6.07, 6.45) is 3.43. The second-order valence-electron chi connectivity index (χ2n) is 8.48. The molecular weight excluding hydrogens is 615 g/mol. The van der Waals surface area contributed by atoms with E-state index < -0.39 is 20.8 Å². The van der Waals surface area contributed by atoms with Gasteiger partial charge in [-0.25, -0.2) is 9.78 Å². The van der Waals surface area contributed by atoms with Gasteiger partial charge in [-0.2, -0.15) is 0 Å². The number of hydrogen-bond acceptors (Lipinski definition) is 11. The average Bonchev–Trinajstić information content (AvgIpc) is 3.06. The Morgan fingerprint density at radius 1 is 0.535 bits per heavy atom. The minimum absolute atomic E-state index is 0.0249. The van der Waals surface area contributed by atoms with Gasteiger partial charge in [0, 0.05) is 18.1 Å². The van der Waals surface area contributed by atoms with E-state index in [1.165, 1.54) is 6.07 Å². The molecule has 13 heteroatoms. The molecule has 212 valence electrons. The van der Waals surface area contributed by atoms with Gasteiger partial charge in [0.05, 0.1) is 22.8 Å². The van der Waals surface area contributed by atoms with Crippen molar-refractivity contribution < 1.29 is 17.6 Å². The summed E-state index contributed by atoms with van der Waals surface area (Å²) >= 11 is -1.62. The second-order valence-corrected chi connectivity index (χ2v) is 8.77. The third-order valence-electron chi connectivity index (χ3n) is 5.57. The number of aryl methyl sites for hydroxylation is 1. The molecule has 0 atom stereocenters. The SMILES string of the molecule is Cc1cccc(-c2ccc(-c3ccccn3)nn2)n1.O=C(O)c1cccc(-c2ccc(-c3ccccn3)nn2)n1.O=[Se]=O. The van der Waals surface area contributed by atoms with Crippen LogP contribution in [-0.4, -0.2) is 66.2 Å². The fourth-order valence-corrected chi connectivity index (χ4v) is 3.62. The van der Waals surface area contributed by atoms with Crippen LogP contribution >= 0.6 is 0 Å². The Morgan fingerprint density at radius 3 is 1.35 bits per heavy atom. The van der Waals surface area contributed by atoms with Gasteiger partial charge in [0.25, 0.3) is 0 Å². The molecule has 0 aliphatic rings. The van der Waals surface area contributed by atoms with Crippen molar-refractivity contribution in [1.29, 1.82) is 0 Å². The van der Waals surface area contributed by atoms with Crippen molar-refractivity contribution in [3.63, 3.8) is 0 Å². The van der Waals surface area contributed by atoms with Gasteiger partial charge in [0.2, 0.25) is 0 Å². The molecule has 0 spiro atoms. The topological polar surface area (TPSA) is 175 Å². The number of rotatable bonds is 5. The first-order valence-electron chi connectivity index (χ1n) is 12.6. The van der Waals surface area contributed by atoms with Crippen molar-refractivity contribution in [2.24, 2.45) is 0 Å². The van der Waals surface area contributed by atoms with Gasteiger partial charge < -0.3 is 5.11 Å². The third kappa shape index (κ3) is 8.67. The Balaban J connectivity index is 0.000000181. The molecule has 6 rings (SSSR count). The van der Waals surface area contributed by atoms with Crippen LogP contribution in [0.1, 0.15) is 16.2 Å². The number of carboxylic acids is 1. The first-order valence-corrected chi connectivity index (χ1v) is 13.9. The monoisotopic (exact) mass is 638 g/mol. The summed E-state index contributed by atoms with van der Waals surface area (Å²) < 4.78 is 16.9. The van der Waals surface area contributed by atoms with E-state index in [4.69, 9.17) is 12.8 Å². The zero-order valence-corrected chi connectivity index (χ0v) is 24.3. The van der Waals surface area contributed by atoms with E-state index in [1.54, 1.807) is 36.7 Å². The summed E-state index contributed by atoms with van der Waals surface area (Å²) in [5, 5.41) is 25.5. The zero-order valence-electron chi connectivity index (χ0n) is 22.6. The van der Waals surface area contributed by atoms with E-state index in [0.29, 0.717) is 17.1 Å². The number of aromatic carboxylic acids is 1. The van der Waals surface area contributed by atoms with Crippen molar-refractivity contribution in [2.45, 2.75) is 6.92 Å². The number of aromatic nitrogens is 8. The normalized spacial score (nSPS) is 9.88. The van der Waals surface area contributed by atoms with Gasteiger partial charge >= 0.3 is 28.5 Å². The van der Waals surface area contributed by atoms with Crippen LogP contribution in [0.15, 0.2) is 109 Å². The molecule has 0 amide bonds. The second kappa shape index (κ2) is 15.4. The van der Waals surface area contributed by atoms with Gasteiger partial charge in [-0.3, -0.25) is 15.0 Å². The van der Waals surface area contributed by atoms with E-state index in [1.807, 2.05) is 73.7 Å². The van der Waals surface area contributed by atoms with Gasteiger partial charge in [0.1, 0.15) is 28.5 Å². The van der Waals surface area contributed by atoms with Crippen LogP contribution in [0, 0.1) is 6.92 Å². The molecule has 0 unspecified atom stereocenters. The predicted molar refractivity (Wildman–Crippen MR) is 156 cm³/mol. The third-order valence-corrected chi connectivity index (χ3v) is 5.57. The molecule has 12 nitrogen and oxygen atoms in total. The summed E-state index contributed by atoms with van der Waals surface area (Å²) in [6.45, 7) is 1.96.